The van der Waals surface area contributed by atoms with Gasteiger partial charge in [-0.25, -0.2) is 0 Å². The lowest BCUT2D eigenvalue weighted by Crippen LogP contribution is -2.23. The van der Waals surface area contributed by atoms with Crippen molar-refractivity contribution < 1.29 is 23.0 Å². The zero-order valence-electron chi connectivity index (χ0n) is 10.00. The fourth-order valence-electron chi connectivity index (χ4n) is 2.27. The van der Waals surface area contributed by atoms with Gasteiger partial charge < -0.3 is 9.84 Å². The molecule has 1 heterocycles. The second kappa shape index (κ2) is 4.55. The molecule has 1 aliphatic rings. The number of aliphatic hydroxyl groups excluding tert-OH is 1. The number of aliphatic hydroxyl groups is 1. The molecule has 2 nitrogen and oxygen atoms in total. The van der Waals surface area contributed by atoms with Crippen molar-refractivity contribution in [2.75, 3.05) is 6.61 Å². The molecule has 2 rings (SSSR count). The summed E-state index contributed by atoms with van der Waals surface area (Å²) in [5.41, 5.74) is -0.546. The van der Waals surface area contributed by atoms with E-state index in [0.29, 0.717) is 18.4 Å². The fourth-order valence-corrected chi connectivity index (χ4v) is 2.27. The van der Waals surface area contributed by atoms with Crippen molar-refractivity contribution >= 4 is 0 Å². The lowest BCUT2D eigenvalue weighted by atomic mass is 9.92. The highest BCUT2D eigenvalue weighted by atomic mass is 19.4. The van der Waals surface area contributed by atoms with Crippen LogP contribution < -0.4 is 0 Å². The topological polar surface area (TPSA) is 29.5 Å². The van der Waals surface area contributed by atoms with E-state index in [4.69, 9.17) is 9.84 Å². The van der Waals surface area contributed by atoms with Crippen molar-refractivity contribution in [2.24, 2.45) is 0 Å². The molecule has 0 amide bonds. The quantitative estimate of drug-likeness (QED) is 0.885. The van der Waals surface area contributed by atoms with Crippen molar-refractivity contribution in [1.29, 1.82) is 0 Å². The summed E-state index contributed by atoms with van der Waals surface area (Å²) in [4.78, 5) is 0. The average Bonchev–Trinajstić information content (AvgIpc) is 2.72. The third kappa shape index (κ3) is 2.52. The van der Waals surface area contributed by atoms with Crippen molar-refractivity contribution in [2.45, 2.75) is 37.6 Å². The van der Waals surface area contributed by atoms with Crippen LogP contribution in [-0.4, -0.2) is 17.8 Å². The van der Waals surface area contributed by atoms with E-state index in [-0.39, 0.29) is 12.7 Å². The molecule has 100 valence electrons. The van der Waals surface area contributed by atoms with Gasteiger partial charge in [-0.3, -0.25) is 0 Å². The zero-order valence-corrected chi connectivity index (χ0v) is 10.00. The Hall–Kier alpha value is -1.07. The van der Waals surface area contributed by atoms with Crippen LogP contribution in [0, 0.1) is 0 Å². The van der Waals surface area contributed by atoms with Crippen LogP contribution in [0.5, 0.6) is 0 Å². The Morgan fingerprint density at radius 2 is 1.94 bits per heavy atom. The van der Waals surface area contributed by atoms with Gasteiger partial charge in [-0.15, -0.1) is 0 Å². The van der Waals surface area contributed by atoms with Crippen molar-refractivity contribution in [1.82, 2.24) is 0 Å². The molecule has 18 heavy (non-hydrogen) atoms. The van der Waals surface area contributed by atoms with Crippen molar-refractivity contribution in [3.05, 3.63) is 35.4 Å². The summed E-state index contributed by atoms with van der Waals surface area (Å²) < 4.78 is 43.0. The van der Waals surface area contributed by atoms with E-state index in [1.165, 1.54) is 12.1 Å². The molecule has 0 bridgehead atoms. The molecular formula is C13H15F3O2. The largest absolute Gasteiger partial charge is 0.416 e. The van der Waals surface area contributed by atoms with Crippen LogP contribution in [0.1, 0.15) is 30.9 Å². The van der Waals surface area contributed by atoms with Crippen molar-refractivity contribution in [3.8, 4) is 0 Å². The van der Waals surface area contributed by atoms with Gasteiger partial charge in [-0.05, 0) is 37.5 Å². The van der Waals surface area contributed by atoms with Crippen LogP contribution in [0.3, 0.4) is 0 Å². The summed E-state index contributed by atoms with van der Waals surface area (Å²) in [7, 11) is 0. The highest BCUT2D eigenvalue weighted by Gasteiger charge is 2.38. The number of ether oxygens (including phenoxy) is 1. The first-order valence-electron chi connectivity index (χ1n) is 5.81. The monoisotopic (exact) mass is 260 g/mol. The molecule has 1 saturated heterocycles. The number of alkyl halides is 3. The summed E-state index contributed by atoms with van der Waals surface area (Å²) in [6.07, 6.45) is -3.13. The highest BCUT2D eigenvalue weighted by molar-refractivity contribution is 5.29. The van der Waals surface area contributed by atoms with Gasteiger partial charge in [-0.2, -0.15) is 13.2 Å². The number of halogens is 3. The minimum Gasteiger partial charge on any atom is -0.394 e. The van der Waals surface area contributed by atoms with E-state index in [9.17, 15) is 13.2 Å². The van der Waals surface area contributed by atoms with E-state index >= 15 is 0 Å². The molecule has 0 aliphatic carbocycles. The summed E-state index contributed by atoms with van der Waals surface area (Å²) >= 11 is 0. The average molecular weight is 260 g/mol. The number of rotatable bonds is 2. The van der Waals surface area contributed by atoms with E-state index in [0.717, 1.165) is 12.1 Å². The van der Waals surface area contributed by atoms with Crippen LogP contribution >= 0.6 is 0 Å². The molecular weight excluding hydrogens is 245 g/mol. The maximum atomic E-state index is 12.4. The van der Waals surface area contributed by atoms with Crippen molar-refractivity contribution in [3.63, 3.8) is 0 Å². The molecule has 2 atom stereocenters. The summed E-state index contributed by atoms with van der Waals surface area (Å²) in [5.74, 6) is 0. The Balaban J connectivity index is 2.20. The highest BCUT2D eigenvalue weighted by Crippen LogP contribution is 2.39. The molecule has 1 aromatic carbocycles. The standard InChI is InChI=1S/C13H15F3O2/c1-12(7-6-11(8-17)18-12)9-2-4-10(5-3-9)13(14,15)16/h2-5,11,17H,6-8H2,1H3/t11-,12-/m1/s1. The van der Waals surface area contributed by atoms with Gasteiger partial charge in [0.1, 0.15) is 0 Å². The maximum absolute atomic E-state index is 12.4. The Kier molecular flexibility index (Phi) is 3.38. The van der Waals surface area contributed by atoms with Crippen LogP contribution in [0.2, 0.25) is 0 Å². The van der Waals surface area contributed by atoms with Gasteiger partial charge in [0, 0.05) is 0 Å². The summed E-state index contributed by atoms with van der Waals surface area (Å²) in [5, 5.41) is 9.02. The zero-order chi connectivity index (χ0) is 13.4. The molecule has 1 fully saturated rings. The fraction of sp³-hybridized carbons (Fsp3) is 0.538. The van der Waals surface area contributed by atoms with E-state index < -0.39 is 17.3 Å². The summed E-state index contributed by atoms with van der Waals surface area (Å²) in [6.45, 7) is 1.78. The van der Waals surface area contributed by atoms with Crippen LogP contribution in [0.4, 0.5) is 13.2 Å². The lowest BCUT2D eigenvalue weighted by Gasteiger charge is -2.25. The van der Waals surface area contributed by atoms with E-state index in [1.807, 2.05) is 6.92 Å². The Morgan fingerprint density at radius 1 is 1.33 bits per heavy atom. The second-order valence-electron chi connectivity index (χ2n) is 4.77. The van der Waals surface area contributed by atoms with Gasteiger partial charge in [0.2, 0.25) is 0 Å². The second-order valence-corrected chi connectivity index (χ2v) is 4.77. The Bertz CT molecular complexity index is 413. The maximum Gasteiger partial charge on any atom is 0.416 e. The molecule has 0 aromatic heterocycles. The predicted octanol–water partition coefficient (Wildman–Crippen LogP) is 3.09. The third-order valence-electron chi connectivity index (χ3n) is 3.40. The molecule has 1 aliphatic heterocycles. The normalized spacial score (nSPS) is 28.6. The van der Waals surface area contributed by atoms with Gasteiger partial charge in [0.25, 0.3) is 0 Å². The molecule has 5 heteroatoms. The van der Waals surface area contributed by atoms with Gasteiger partial charge in [-0.1, -0.05) is 12.1 Å². The molecule has 0 unspecified atom stereocenters. The molecule has 1 aromatic rings. The van der Waals surface area contributed by atoms with Gasteiger partial charge in [0.05, 0.1) is 23.9 Å². The molecule has 0 saturated carbocycles. The third-order valence-corrected chi connectivity index (χ3v) is 3.40. The minimum absolute atomic E-state index is 0.0593. The predicted molar refractivity (Wildman–Crippen MR) is 60.0 cm³/mol. The van der Waals surface area contributed by atoms with E-state index in [1.54, 1.807) is 0 Å². The number of benzene rings is 1. The Labute approximate surface area is 103 Å². The van der Waals surface area contributed by atoms with Crippen LogP contribution in [-0.2, 0) is 16.5 Å². The molecule has 1 N–H and O–H groups in total. The van der Waals surface area contributed by atoms with Crippen LogP contribution in [0.25, 0.3) is 0 Å². The van der Waals surface area contributed by atoms with E-state index in [2.05, 4.69) is 0 Å². The first kappa shape index (κ1) is 13.4. The minimum atomic E-state index is -4.32. The first-order valence-corrected chi connectivity index (χ1v) is 5.81. The number of hydrogen-bond donors (Lipinski definition) is 1. The van der Waals surface area contributed by atoms with Gasteiger partial charge in [0.15, 0.2) is 0 Å². The summed E-state index contributed by atoms with van der Waals surface area (Å²) in [6, 6.07) is 5.03. The smallest absolute Gasteiger partial charge is 0.394 e. The molecule has 0 radical (unpaired) electrons. The lowest BCUT2D eigenvalue weighted by molar-refractivity contribution is -0.137. The van der Waals surface area contributed by atoms with Crippen LogP contribution in [0.15, 0.2) is 24.3 Å². The Morgan fingerprint density at radius 3 is 2.39 bits per heavy atom. The van der Waals surface area contributed by atoms with Gasteiger partial charge >= 0.3 is 6.18 Å². The SMILES string of the molecule is C[C@]1(c2ccc(C(F)(F)F)cc2)CC[C@H](CO)O1. The molecule has 0 spiro atoms. The first-order chi connectivity index (χ1) is 8.35. The number of hydrogen-bond acceptors (Lipinski definition) is 2.